The van der Waals surface area contributed by atoms with Crippen LogP contribution in [0.5, 0.6) is 0 Å². The lowest BCUT2D eigenvalue weighted by Crippen LogP contribution is -2.28. The molecule has 0 aliphatic heterocycles. The van der Waals surface area contributed by atoms with Crippen molar-refractivity contribution in [3.63, 3.8) is 0 Å². The van der Waals surface area contributed by atoms with E-state index in [1.54, 1.807) is 10.9 Å². The Labute approximate surface area is 77.7 Å². The predicted molar refractivity (Wildman–Crippen MR) is 50.6 cm³/mol. The van der Waals surface area contributed by atoms with E-state index < -0.39 is 7.12 Å². The molecule has 0 radical (unpaired) electrons. The highest BCUT2D eigenvalue weighted by Gasteiger charge is 2.12. The molecule has 1 aromatic rings. The van der Waals surface area contributed by atoms with Crippen LogP contribution in [0.15, 0.2) is 12.4 Å². The molecule has 1 aromatic heterocycles. The van der Waals surface area contributed by atoms with Gasteiger partial charge in [0.25, 0.3) is 0 Å². The molecule has 2 N–H and O–H groups in total. The van der Waals surface area contributed by atoms with E-state index in [0.29, 0.717) is 5.46 Å². The lowest BCUT2D eigenvalue weighted by molar-refractivity contribution is 0.373. The lowest BCUT2D eigenvalue weighted by atomic mass is 9.83. The Kier molecular flexibility index (Phi) is 3.47. The summed E-state index contributed by atoms with van der Waals surface area (Å²) in [5.74, 6) is 0. The van der Waals surface area contributed by atoms with Gasteiger partial charge in [0.05, 0.1) is 6.54 Å². The summed E-state index contributed by atoms with van der Waals surface area (Å²) in [5.41, 5.74) is 0.429. The minimum Gasteiger partial charge on any atom is -0.423 e. The van der Waals surface area contributed by atoms with Crippen LogP contribution in [0.25, 0.3) is 0 Å². The maximum absolute atomic E-state index is 8.81. The summed E-state index contributed by atoms with van der Waals surface area (Å²) in [6.07, 6.45) is 3.09. The molecule has 0 bridgehead atoms. The van der Waals surface area contributed by atoms with E-state index in [1.165, 1.54) is 6.20 Å². The Bertz CT molecular complexity index is 262. The fourth-order valence-electron chi connectivity index (χ4n) is 0.938. The Morgan fingerprint density at radius 3 is 2.69 bits per heavy atom. The predicted octanol–water partition coefficient (Wildman–Crippen LogP) is -1.88. The van der Waals surface area contributed by atoms with Gasteiger partial charge < -0.3 is 14.9 Å². The molecule has 0 saturated carbocycles. The van der Waals surface area contributed by atoms with Gasteiger partial charge in [-0.1, -0.05) is 0 Å². The van der Waals surface area contributed by atoms with E-state index in [9.17, 15) is 0 Å². The van der Waals surface area contributed by atoms with Crippen LogP contribution in [0.4, 0.5) is 0 Å². The lowest BCUT2D eigenvalue weighted by Gasteiger charge is -2.08. The first kappa shape index (κ1) is 10.2. The van der Waals surface area contributed by atoms with E-state index in [2.05, 4.69) is 5.10 Å². The van der Waals surface area contributed by atoms with E-state index in [1.807, 2.05) is 19.0 Å². The van der Waals surface area contributed by atoms with Gasteiger partial charge in [-0.3, -0.25) is 4.68 Å². The van der Waals surface area contributed by atoms with Crippen LogP contribution in [-0.4, -0.2) is 52.5 Å². The van der Waals surface area contributed by atoms with E-state index in [-0.39, 0.29) is 0 Å². The van der Waals surface area contributed by atoms with Crippen LogP contribution in [0, 0.1) is 0 Å². The first-order valence-electron chi connectivity index (χ1n) is 4.13. The first-order chi connectivity index (χ1) is 6.09. The van der Waals surface area contributed by atoms with Gasteiger partial charge in [-0.25, -0.2) is 0 Å². The van der Waals surface area contributed by atoms with Crippen LogP contribution in [0.2, 0.25) is 0 Å². The third kappa shape index (κ3) is 3.18. The smallest absolute Gasteiger partial charge is 0.423 e. The van der Waals surface area contributed by atoms with Crippen molar-refractivity contribution in [3.05, 3.63) is 12.4 Å². The van der Waals surface area contributed by atoms with Crippen molar-refractivity contribution in [3.8, 4) is 0 Å². The molecular formula is C7H14BN3O2. The molecule has 6 heteroatoms. The normalized spacial score (nSPS) is 10.8. The number of rotatable bonds is 4. The molecule has 0 amide bonds. The summed E-state index contributed by atoms with van der Waals surface area (Å²) in [6.45, 7) is 1.63. The quantitative estimate of drug-likeness (QED) is 0.536. The molecule has 0 unspecified atom stereocenters. The second-order valence-corrected chi connectivity index (χ2v) is 3.21. The van der Waals surface area contributed by atoms with Crippen molar-refractivity contribution in [2.24, 2.45) is 0 Å². The van der Waals surface area contributed by atoms with Gasteiger partial charge >= 0.3 is 7.12 Å². The SMILES string of the molecule is CN(C)CCn1cc(B(O)O)cn1. The number of hydrogen-bond donors (Lipinski definition) is 2. The molecule has 0 aliphatic carbocycles. The summed E-state index contributed by atoms with van der Waals surface area (Å²) in [4.78, 5) is 2.04. The Morgan fingerprint density at radius 1 is 1.54 bits per heavy atom. The maximum Gasteiger partial charge on any atom is 0.491 e. The van der Waals surface area contributed by atoms with Gasteiger partial charge in [-0.05, 0) is 14.1 Å². The number of nitrogens with zero attached hydrogens (tertiary/aromatic N) is 3. The molecule has 0 saturated heterocycles. The second-order valence-electron chi connectivity index (χ2n) is 3.21. The van der Waals surface area contributed by atoms with Crippen LogP contribution in [0.1, 0.15) is 0 Å². The minimum absolute atomic E-state index is 0.429. The zero-order chi connectivity index (χ0) is 9.84. The summed E-state index contributed by atoms with van der Waals surface area (Å²) >= 11 is 0. The van der Waals surface area contributed by atoms with Crippen molar-refractivity contribution >= 4 is 12.6 Å². The maximum atomic E-state index is 8.81. The number of hydrogen-bond acceptors (Lipinski definition) is 4. The average Bonchev–Trinajstić information content (AvgIpc) is 2.48. The highest BCUT2D eigenvalue weighted by molar-refractivity contribution is 6.58. The molecule has 0 aromatic carbocycles. The molecule has 13 heavy (non-hydrogen) atoms. The largest absolute Gasteiger partial charge is 0.491 e. The monoisotopic (exact) mass is 183 g/mol. The highest BCUT2D eigenvalue weighted by Crippen LogP contribution is 1.85. The molecule has 0 fully saturated rings. The third-order valence-corrected chi connectivity index (χ3v) is 1.73. The summed E-state index contributed by atoms with van der Waals surface area (Å²) in [6, 6.07) is 0. The van der Waals surface area contributed by atoms with Crippen molar-refractivity contribution < 1.29 is 10.0 Å². The van der Waals surface area contributed by atoms with Gasteiger partial charge in [0, 0.05) is 24.4 Å². The number of likely N-dealkylation sites (N-methyl/N-ethyl adjacent to an activating group) is 1. The van der Waals surface area contributed by atoms with Gasteiger partial charge in [0.15, 0.2) is 0 Å². The zero-order valence-electron chi connectivity index (χ0n) is 7.88. The Morgan fingerprint density at radius 2 is 2.23 bits per heavy atom. The summed E-state index contributed by atoms with van der Waals surface area (Å²) in [5, 5.41) is 21.6. The molecule has 1 heterocycles. The van der Waals surface area contributed by atoms with Crippen molar-refractivity contribution in [1.82, 2.24) is 14.7 Å². The van der Waals surface area contributed by atoms with Crippen LogP contribution in [-0.2, 0) is 6.54 Å². The topological polar surface area (TPSA) is 61.5 Å². The summed E-state index contributed by atoms with van der Waals surface area (Å²) < 4.78 is 1.69. The Hall–Kier alpha value is -0.845. The second kappa shape index (κ2) is 4.41. The zero-order valence-corrected chi connectivity index (χ0v) is 7.88. The van der Waals surface area contributed by atoms with Crippen LogP contribution < -0.4 is 5.46 Å². The van der Waals surface area contributed by atoms with Crippen LogP contribution >= 0.6 is 0 Å². The minimum atomic E-state index is -1.42. The Balaban J connectivity index is 2.49. The van der Waals surface area contributed by atoms with Gasteiger partial charge in [0.1, 0.15) is 0 Å². The molecule has 0 spiro atoms. The first-order valence-corrected chi connectivity index (χ1v) is 4.13. The molecular weight excluding hydrogens is 169 g/mol. The third-order valence-electron chi connectivity index (χ3n) is 1.73. The van der Waals surface area contributed by atoms with E-state index >= 15 is 0 Å². The van der Waals surface area contributed by atoms with Crippen molar-refractivity contribution in [2.75, 3.05) is 20.6 Å². The van der Waals surface area contributed by atoms with Crippen molar-refractivity contribution in [2.45, 2.75) is 6.54 Å². The van der Waals surface area contributed by atoms with Crippen molar-refractivity contribution in [1.29, 1.82) is 0 Å². The van der Waals surface area contributed by atoms with E-state index in [4.69, 9.17) is 10.0 Å². The molecule has 1 rings (SSSR count). The van der Waals surface area contributed by atoms with Gasteiger partial charge in [0.2, 0.25) is 0 Å². The average molecular weight is 183 g/mol. The molecule has 0 atom stereocenters. The fourth-order valence-corrected chi connectivity index (χ4v) is 0.938. The fraction of sp³-hybridized carbons (Fsp3) is 0.571. The van der Waals surface area contributed by atoms with Gasteiger partial charge in [-0.2, -0.15) is 5.10 Å². The molecule has 0 aliphatic rings. The molecule has 72 valence electrons. The standard InChI is InChI=1S/C7H14BN3O2/c1-10(2)3-4-11-6-7(5-9-11)8(12)13/h5-6,12-13H,3-4H2,1-2H3. The highest BCUT2D eigenvalue weighted by atomic mass is 16.4. The van der Waals surface area contributed by atoms with Gasteiger partial charge in [-0.15, -0.1) is 0 Å². The summed E-state index contributed by atoms with van der Waals surface area (Å²) in [7, 11) is 2.53. The molecule has 5 nitrogen and oxygen atoms in total. The van der Waals surface area contributed by atoms with Crippen LogP contribution in [0.3, 0.4) is 0 Å². The number of aromatic nitrogens is 2. The van der Waals surface area contributed by atoms with E-state index in [0.717, 1.165) is 13.1 Å².